The lowest BCUT2D eigenvalue weighted by Crippen LogP contribution is -2.32. The Balaban J connectivity index is 1.63. The summed E-state index contributed by atoms with van der Waals surface area (Å²) in [5, 5.41) is 1.25. The molecule has 3 aromatic rings. The fraction of sp³-hybridized carbons (Fsp3) is 0.286. The van der Waals surface area contributed by atoms with Crippen LogP contribution in [-0.2, 0) is 6.54 Å². The van der Waals surface area contributed by atoms with Gasteiger partial charge in [-0.05, 0) is 48.7 Å². The summed E-state index contributed by atoms with van der Waals surface area (Å²) >= 11 is 0. The van der Waals surface area contributed by atoms with Gasteiger partial charge in [0.05, 0.1) is 5.52 Å². The van der Waals surface area contributed by atoms with Crippen LogP contribution in [0.15, 0.2) is 66.9 Å². The van der Waals surface area contributed by atoms with Gasteiger partial charge in [0.25, 0.3) is 0 Å². The van der Waals surface area contributed by atoms with E-state index in [1.807, 2.05) is 12.3 Å². The summed E-state index contributed by atoms with van der Waals surface area (Å²) in [4.78, 5) is 7.08. The molecule has 4 rings (SSSR count). The number of likely N-dealkylation sites (tertiary alicyclic amines) is 1. The molecule has 0 unspecified atom stereocenters. The highest BCUT2D eigenvalue weighted by molar-refractivity contribution is 5.79. The monoisotopic (exact) mass is 302 g/mol. The Kier molecular flexibility index (Phi) is 4.08. The summed E-state index contributed by atoms with van der Waals surface area (Å²) in [6.07, 6.45) is 5.74. The van der Waals surface area contributed by atoms with E-state index in [9.17, 15) is 0 Å². The minimum Gasteiger partial charge on any atom is -0.292 e. The number of pyridine rings is 1. The van der Waals surface area contributed by atoms with Gasteiger partial charge in [-0.15, -0.1) is 0 Å². The number of benzene rings is 2. The molecular formula is C21H22N2. The van der Waals surface area contributed by atoms with Crippen LogP contribution in [0, 0.1) is 0 Å². The summed E-state index contributed by atoms with van der Waals surface area (Å²) in [6.45, 7) is 2.22. The number of piperidine rings is 1. The smallest absolute Gasteiger partial charge is 0.0702 e. The van der Waals surface area contributed by atoms with Crippen molar-refractivity contribution in [2.45, 2.75) is 31.8 Å². The number of aromatic nitrogens is 1. The predicted molar refractivity (Wildman–Crippen MR) is 95.2 cm³/mol. The van der Waals surface area contributed by atoms with E-state index in [1.54, 1.807) is 0 Å². The lowest BCUT2D eigenvalue weighted by atomic mass is 9.93. The molecule has 2 aromatic carbocycles. The van der Waals surface area contributed by atoms with E-state index in [-0.39, 0.29) is 0 Å². The van der Waals surface area contributed by atoms with Crippen molar-refractivity contribution in [3.63, 3.8) is 0 Å². The van der Waals surface area contributed by atoms with E-state index < -0.39 is 0 Å². The van der Waals surface area contributed by atoms with Crippen molar-refractivity contribution in [3.05, 3.63) is 78.0 Å². The molecule has 1 atom stereocenters. The summed E-state index contributed by atoms with van der Waals surface area (Å²) in [6, 6.07) is 22.3. The second-order valence-electron chi connectivity index (χ2n) is 6.42. The third-order valence-corrected chi connectivity index (χ3v) is 4.85. The Labute approximate surface area is 137 Å². The van der Waals surface area contributed by atoms with Gasteiger partial charge in [0.15, 0.2) is 0 Å². The van der Waals surface area contributed by atoms with Gasteiger partial charge in [-0.3, -0.25) is 9.88 Å². The minimum atomic E-state index is 0.522. The van der Waals surface area contributed by atoms with Crippen LogP contribution >= 0.6 is 0 Å². The van der Waals surface area contributed by atoms with Gasteiger partial charge in [0.2, 0.25) is 0 Å². The molecule has 0 bridgehead atoms. The van der Waals surface area contributed by atoms with Crippen LogP contribution in [0.4, 0.5) is 0 Å². The zero-order valence-corrected chi connectivity index (χ0v) is 13.4. The minimum absolute atomic E-state index is 0.522. The average molecular weight is 302 g/mol. The van der Waals surface area contributed by atoms with E-state index >= 15 is 0 Å². The molecule has 1 saturated heterocycles. The van der Waals surface area contributed by atoms with Crippen molar-refractivity contribution < 1.29 is 0 Å². The highest BCUT2D eigenvalue weighted by atomic mass is 15.2. The van der Waals surface area contributed by atoms with Crippen LogP contribution in [0.2, 0.25) is 0 Å². The summed E-state index contributed by atoms with van der Waals surface area (Å²) in [7, 11) is 0. The Bertz CT molecular complexity index is 782. The second kappa shape index (κ2) is 6.51. The third-order valence-electron chi connectivity index (χ3n) is 4.85. The summed E-state index contributed by atoms with van der Waals surface area (Å²) < 4.78 is 0. The van der Waals surface area contributed by atoms with Crippen LogP contribution in [-0.4, -0.2) is 16.4 Å². The van der Waals surface area contributed by atoms with Crippen LogP contribution in [0.1, 0.15) is 36.4 Å². The normalized spacial score (nSPS) is 19.0. The first kappa shape index (κ1) is 14.4. The van der Waals surface area contributed by atoms with E-state index in [2.05, 4.69) is 64.5 Å². The highest BCUT2D eigenvalue weighted by Crippen LogP contribution is 2.33. The standard InChI is InChI=1S/C21H22N2/c1-2-7-17(8-3-1)16-23-14-5-4-10-21(23)19-11-12-20-18(15-19)9-6-13-22-20/h1-3,6-9,11-13,15,21H,4-5,10,14,16H2/t21-/m1/s1. The van der Waals surface area contributed by atoms with Crippen molar-refractivity contribution in [2.24, 2.45) is 0 Å². The number of hydrogen-bond acceptors (Lipinski definition) is 2. The Morgan fingerprint density at radius 3 is 2.78 bits per heavy atom. The van der Waals surface area contributed by atoms with Gasteiger partial charge in [-0.25, -0.2) is 0 Å². The molecule has 0 spiro atoms. The molecule has 23 heavy (non-hydrogen) atoms. The third kappa shape index (κ3) is 3.13. The van der Waals surface area contributed by atoms with E-state index in [1.165, 1.54) is 42.3 Å². The first-order valence-electron chi connectivity index (χ1n) is 8.53. The van der Waals surface area contributed by atoms with Crippen LogP contribution < -0.4 is 0 Å². The quantitative estimate of drug-likeness (QED) is 0.679. The highest BCUT2D eigenvalue weighted by Gasteiger charge is 2.24. The van der Waals surface area contributed by atoms with Gasteiger partial charge >= 0.3 is 0 Å². The van der Waals surface area contributed by atoms with Gasteiger partial charge in [-0.2, -0.15) is 0 Å². The molecule has 1 aliphatic heterocycles. The van der Waals surface area contributed by atoms with E-state index in [0.29, 0.717) is 6.04 Å². The summed E-state index contributed by atoms with van der Waals surface area (Å²) in [5.41, 5.74) is 3.92. The Morgan fingerprint density at radius 1 is 0.957 bits per heavy atom. The molecule has 1 aliphatic rings. The first-order valence-corrected chi connectivity index (χ1v) is 8.53. The number of nitrogens with zero attached hydrogens (tertiary/aromatic N) is 2. The molecule has 0 saturated carbocycles. The molecule has 1 aromatic heterocycles. The zero-order valence-electron chi connectivity index (χ0n) is 13.4. The maximum Gasteiger partial charge on any atom is 0.0702 e. The fourth-order valence-electron chi connectivity index (χ4n) is 3.68. The largest absolute Gasteiger partial charge is 0.292 e. The molecule has 0 aliphatic carbocycles. The van der Waals surface area contributed by atoms with Crippen molar-refractivity contribution in [2.75, 3.05) is 6.54 Å². The summed E-state index contributed by atoms with van der Waals surface area (Å²) in [5.74, 6) is 0. The molecule has 0 radical (unpaired) electrons. The number of hydrogen-bond donors (Lipinski definition) is 0. The molecule has 2 heteroatoms. The predicted octanol–water partition coefficient (Wildman–Crippen LogP) is 4.96. The maximum absolute atomic E-state index is 4.44. The van der Waals surface area contributed by atoms with Gasteiger partial charge in [0.1, 0.15) is 0 Å². The zero-order chi connectivity index (χ0) is 15.5. The molecule has 0 N–H and O–H groups in total. The van der Waals surface area contributed by atoms with E-state index in [0.717, 1.165) is 12.1 Å². The molecule has 2 heterocycles. The number of rotatable bonds is 3. The van der Waals surface area contributed by atoms with Crippen LogP contribution in [0.25, 0.3) is 10.9 Å². The molecule has 2 nitrogen and oxygen atoms in total. The van der Waals surface area contributed by atoms with Crippen molar-refractivity contribution in [1.29, 1.82) is 0 Å². The SMILES string of the molecule is c1ccc(CN2CCCC[C@@H]2c2ccc3ncccc3c2)cc1. The lowest BCUT2D eigenvalue weighted by Gasteiger charge is -2.36. The Morgan fingerprint density at radius 2 is 1.87 bits per heavy atom. The van der Waals surface area contributed by atoms with Crippen molar-refractivity contribution in [3.8, 4) is 0 Å². The van der Waals surface area contributed by atoms with E-state index in [4.69, 9.17) is 0 Å². The number of fused-ring (bicyclic) bond motifs is 1. The van der Waals surface area contributed by atoms with Gasteiger partial charge in [-0.1, -0.05) is 48.9 Å². The van der Waals surface area contributed by atoms with Crippen LogP contribution in [0.3, 0.4) is 0 Å². The van der Waals surface area contributed by atoms with Crippen LogP contribution in [0.5, 0.6) is 0 Å². The molecule has 1 fully saturated rings. The lowest BCUT2D eigenvalue weighted by molar-refractivity contribution is 0.140. The maximum atomic E-state index is 4.44. The average Bonchev–Trinajstić information content (AvgIpc) is 2.63. The first-order chi connectivity index (χ1) is 11.4. The van der Waals surface area contributed by atoms with Crippen molar-refractivity contribution in [1.82, 2.24) is 9.88 Å². The fourth-order valence-corrected chi connectivity index (χ4v) is 3.68. The van der Waals surface area contributed by atoms with Gasteiger partial charge in [0, 0.05) is 24.2 Å². The Hall–Kier alpha value is -2.19. The van der Waals surface area contributed by atoms with Crippen molar-refractivity contribution >= 4 is 10.9 Å². The second-order valence-corrected chi connectivity index (χ2v) is 6.42. The van der Waals surface area contributed by atoms with Gasteiger partial charge < -0.3 is 0 Å². The molecule has 116 valence electrons. The molecular weight excluding hydrogens is 280 g/mol. The topological polar surface area (TPSA) is 16.1 Å². The molecule has 0 amide bonds.